The van der Waals surface area contributed by atoms with Crippen LogP contribution in [0, 0.1) is 0 Å². The normalized spacial score (nSPS) is 17.2. The highest BCUT2D eigenvalue weighted by Gasteiger charge is 2.34. The highest BCUT2D eigenvalue weighted by molar-refractivity contribution is 6.30. The molecule has 0 atom stereocenters. The second-order valence-electron chi connectivity index (χ2n) is 5.30. The van der Waals surface area contributed by atoms with Crippen LogP contribution < -0.4 is 5.73 Å². The molecule has 1 aromatic carbocycles. The molecule has 3 rings (SSSR count). The molecule has 0 amide bonds. The quantitative estimate of drug-likeness (QED) is 0.933. The number of rotatable bonds is 4. The Morgan fingerprint density at radius 3 is 2.63 bits per heavy atom. The zero-order valence-corrected chi connectivity index (χ0v) is 11.4. The molecule has 0 spiro atoms. The molecule has 0 unspecified atom stereocenters. The van der Waals surface area contributed by atoms with Crippen LogP contribution in [0.2, 0.25) is 5.02 Å². The summed E-state index contributed by atoms with van der Waals surface area (Å²) in [4.78, 5) is 4.40. The van der Waals surface area contributed by atoms with Crippen molar-refractivity contribution in [3.8, 4) is 0 Å². The first-order chi connectivity index (χ1) is 9.13. The van der Waals surface area contributed by atoms with Gasteiger partial charge in [0.15, 0.2) is 5.82 Å². The van der Waals surface area contributed by atoms with Gasteiger partial charge in [-0.2, -0.15) is 4.98 Å². The fraction of sp³-hybridized carbons (Fsp3) is 0.429. The average molecular weight is 278 g/mol. The van der Waals surface area contributed by atoms with E-state index in [1.165, 1.54) is 6.42 Å². The van der Waals surface area contributed by atoms with Gasteiger partial charge in [0.1, 0.15) is 0 Å². The van der Waals surface area contributed by atoms with E-state index in [9.17, 15) is 0 Å². The predicted molar refractivity (Wildman–Crippen MR) is 73.0 cm³/mol. The van der Waals surface area contributed by atoms with Crippen LogP contribution in [0.15, 0.2) is 28.8 Å². The molecule has 1 fully saturated rings. The van der Waals surface area contributed by atoms with E-state index in [1.807, 2.05) is 24.3 Å². The van der Waals surface area contributed by atoms with Gasteiger partial charge in [-0.25, -0.2) is 0 Å². The molecule has 4 nitrogen and oxygen atoms in total. The highest BCUT2D eigenvalue weighted by atomic mass is 35.5. The van der Waals surface area contributed by atoms with Gasteiger partial charge < -0.3 is 10.3 Å². The number of benzene rings is 1. The smallest absolute Gasteiger partial charge is 0.228 e. The Hall–Kier alpha value is -1.39. The minimum Gasteiger partial charge on any atom is -0.339 e. The van der Waals surface area contributed by atoms with Crippen LogP contribution in [0.1, 0.15) is 36.5 Å². The van der Waals surface area contributed by atoms with E-state index in [0.717, 1.165) is 23.4 Å². The van der Waals surface area contributed by atoms with Gasteiger partial charge in [0.25, 0.3) is 0 Å². The van der Waals surface area contributed by atoms with Gasteiger partial charge in [0.05, 0.1) is 0 Å². The predicted octanol–water partition coefficient (Wildman–Crippen LogP) is 2.74. The Labute approximate surface area is 117 Å². The maximum Gasteiger partial charge on any atom is 0.228 e. The Morgan fingerprint density at radius 1 is 1.26 bits per heavy atom. The first kappa shape index (κ1) is 12.6. The van der Waals surface area contributed by atoms with E-state index in [2.05, 4.69) is 10.1 Å². The summed E-state index contributed by atoms with van der Waals surface area (Å²) in [5, 5.41) is 4.73. The Bertz CT molecular complexity index is 560. The minimum atomic E-state index is -0.121. The molecule has 1 aliphatic rings. The lowest BCUT2D eigenvalue weighted by molar-refractivity contribution is 0.221. The highest BCUT2D eigenvalue weighted by Crippen LogP contribution is 2.31. The third kappa shape index (κ3) is 2.96. The van der Waals surface area contributed by atoms with Crippen LogP contribution in [0.25, 0.3) is 0 Å². The molecule has 1 aliphatic carbocycles. The van der Waals surface area contributed by atoms with Crippen LogP contribution in [-0.2, 0) is 12.8 Å². The number of hydrogen-bond acceptors (Lipinski definition) is 4. The molecule has 0 bridgehead atoms. The minimum absolute atomic E-state index is 0.121. The second-order valence-corrected chi connectivity index (χ2v) is 5.74. The Balaban J connectivity index is 1.66. The molecular formula is C14H16ClN3O. The zero-order chi connectivity index (χ0) is 13.3. The van der Waals surface area contributed by atoms with Crippen LogP contribution in [-0.4, -0.2) is 15.7 Å². The summed E-state index contributed by atoms with van der Waals surface area (Å²) in [7, 11) is 0. The molecule has 100 valence electrons. The van der Waals surface area contributed by atoms with Gasteiger partial charge >= 0.3 is 0 Å². The fourth-order valence-corrected chi connectivity index (χ4v) is 2.45. The summed E-state index contributed by atoms with van der Waals surface area (Å²) in [6.45, 7) is 0. The Kier molecular flexibility index (Phi) is 3.29. The number of aromatic nitrogens is 2. The van der Waals surface area contributed by atoms with Gasteiger partial charge in [-0.05, 0) is 37.0 Å². The SMILES string of the molecule is NC1(Cc2nc(Cc3ccc(Cl)cc3)no2)CCC1. The maximum atomic E-state index is 6.17. The van der Waals surface area contributed by atoms with Crippen molar-refractivity contribution in [1.82, 2.24) is 10.1 Å². The molecule has 1 heterocycles. The topological polar surface area (TPSA) is 64.9 Å². The van der Waals surface area contributed by atoms with Crippen molar-refractivity contribution in [3.63, 3.8) is 0 Å². The van der Waals surface area contributed by atoms with Gasteiger partial charge in [0.2, 0.25) is 5.89 Å². The van der Waals surface area contributed by atoms with E-state index in [0.29, 0.717) is 24.6 Å². The third-order valence-corrected chi connectivity index (χ3v) is 3.89. The Morgan fingerprint density at radius 2 is 2.00 bits per heavy atom. The third-order valence-electron chi connectivity index (χ3n) is 3.64. The van der Waals surface area contributed by atoms with Crippen molar-refractivity contribution in [2.75, 3.05) is 0 Å². The summed E-state index contributed by atoms with van der Waals surface area (Å²) in [6.07, 6.45) is 4.62. The summed E-state index contributed by atoms with van der Waals surface area (Å²) in [5.41, 5.74) is 7.16. The molecule has 1 aromatic heterocycles. The molecule has 0 radical (unpaired) electrons. The number of hydrogen-bond donors (Lipinski definition) is 1. The first-order valence-electron chi connectivity index (χ1n) is 6.48. The van der Waals surface area contributed by atoms with E-state index in [1.54, 1.807) is 0 Å². The summed E-state index contributed by atoms with van der Waals surface area (Å²) in [5.74, 6) is 1.34. The zero-order valence-electron chi connectivity index (χ0n) is 10.6. The van der Waals surface area contributed by atoms with E-state index in [4.69, 9.17) is 21.9 Å². The molecular weight excluding hydrogens is 262 g/mol. The number of nitrogens with two attached hydrogens (primary N) is 1. The van der Waals surface area contributed by atoms with Crippen LogP contribution in [0.4, 0.5) is 0 Å². The van der Waals surface area contributed by atoms with Gasteiger partial charge in [0, 0.05) is 23.4 Å². The van der Waals surface area contributed by atoms with Crippen molar-refractivity contribution < 1.29 is 4.52 Å². The van der Waals surface area contributed by atoms with Crippen molar-refractivity contribution in [1.29, 1.82) is 0 Å². The van der Waals surface area contributed by atoms with Gasteiger partial charge in [-0.1, -0.05) is 28.9 Å². The van der Waals surface area contributed by atoms with E-state index >= 15 is 0 Å². The number of halogens is 1. The van der Waals surface area contributed by atoms with Crippen molar-refractivity contribution in [2.45, 2.75) is 37.6 Å². The monoisotopic (exact) mass is 277 g/mol. The molecule has 19 heavy (non-hydrogen) atoms. The van der Waals surface area contributed by atoms with Crippen LogP contribution >= 0.6 is 11.6 Å². The average Bonchev–Trinajstić information content (AvgIpc) is 2.77. The van der Waals surface area contributed by atoms with Crippen molar-refractivity contribution >= 4 is 11.6 Å². The lowest BCUT2D eigenvalue weighted by Gasteiger charge is -2.36. The van der Waals surface area contributed by atoms with Gasteiger partial charge in [-0.3, -0.25) is 0 Å². The lowest BCUT2D eigenvalue weighted by Crippen LogP contribution is -2.48. The lowest BCUT2D eigenvalue weighted by atomic mass is 9.75. The van der Waals surface area contributed by atoms with E-state index in [-0.39, 0.29) is 5.54 Å². The number of nitrogens with zero attached hydrogens (tertiary/aromatic N) is 2. The molecule has 1 saturated carbocycles. The summed E-state index contributed by atoms with van der Waals surface area (Å²) < 4.78 is 5.26. The summed E-state index contributed by atoms with van der Waals surface area (Å²) in [6, 6.07) is 7.66. The van der Waals surface area contributed by atoms with Gasteiger partial charge in [-0.15, -0.1) is 0 Å². The first-order valence-corrected chi connectivity index (χ1v) is 6.86. The molecule has 5 heteroatoms. The standard InChI is InChI=1S/C14H16ClN3O/c15-11-4-2-10(3-5-11)8-12-17-13(19-18-12)9-14(16)6-1-7-14/h2-5H,1,6-9,16H2. The van der Waals surface area contributed by atoms with Crippen molar-refractivity contribution in [2.24, 2.45) is 5.73 Å². The largest absolute Gasteiger partial charge is 0.339 e. The molecule has 0 saturated heterocycles. The maximum absolute atomic E-state index is 6.17. The van der Waals surface area contributed by atoms with Crippen LogP contribution in [0.3, 0.4) is 0 Å². The molecule has 0 aliphatic heterocycles. The molecule has 2 N–H and O–H groups in total. The molecule has 2 aromatic rings. The van der Waals surface area contributed by atoms with Crippen molar-refractivity contribution in [3.05, 3.63) is 46.6 Å². The summed E-state index contributed by atoms with van der Waals surface area (Å²) >= 11 is 5.85. The fourth-order valence-electron chi connectivity index (χ4n) is 2.33. The van der Waals surface area contributed by atoms with Crippen LogP contribution in [0.5, 0.6) is 0 Å². The van der Waals surface area contributed by atoms with E-state index < -0.39 is 0 Å². The second kappa shape index (κ2) is 4.94.